The predicted octanol–water partition coefficient (Wildman–Crippen LogP) is 3.14. The maximum absolute atomic E-state index is 12.6. The third-order valence-corrected chi connectivity index (χ3v) is 5.14. The molecule has 2 aliphatic rings. The first kappa shape index (κ1) is 19.5. The molecule has 0 aliphatic carbocycles. The zero-order valence-electron chi connectivity index (χ0n) is 16.5. The second-order valence-corrected chi connectivity index (χ2v) is 7.97. The van der Waals surface area contributed by atoms with Crippen molar-refractivity contribution in [1.82, 2.24) is 5.32 Å². The number of fused-ring (bicyclic) bond motifs is 1. The molecule has 0 saturated carbocycles. The van der Waals surface area contributed by atoms with Crippen LogP contribution in [0.1, 0.15) is 46.5 Å². The number of amides is 2. The Labute approximate surface area is 161 Å². The SMILES string of the molecule is CC(C)CCCC(C)NC(=O)C1CC(=O)N(c2ccc3c(c2)OCCO3)C1. The molecule has 3 rings (SSSR count). The van der Waals surface area contributed by atoms with Crippen LogP contribution < -0.4 is 19.7 Å². The summed E-state index contributed by atoms with van der Waals surface area (Å²) in [5.41, 5.74) is 0.754. The fourth-order valence-electron chi connectivity index (χ4n) is 3.60. The largest absolute Gasteiger partial charge is 0.486 e. The van der Waals surface area contributed by atoms with E-state index in [0.29, 0.717) is 37.2 Å². The van der Waals surface area contributed by atoms with Gasteiger partial charge in [0.15, 0.2) is 11.5 Å². The highest BCUT2D eigenvalue weighted by Gasteiger charge is 2.35. The van der Waals surface area contributed by atoms with Crippen molar-refractivity contribution in [2.24, 2.45) is 11.8 Å². The van der Waals surface area contributed by atoms with Crippen molar-refractivity contribution in [3.8, 4) is 11.5 Å². The van der Waals surface area contributed by atoms with Crippen LogP contribution in [0.25, 0.3) is 0 Å². The molecule has 0 spiro atoms. The highest BCUT2D eigenvalue weighted by atomic mass is 16.6. The second kappa shape index (κ2) is 8.63. The smallest absolute Gasteiger partial charge is 0.227 e. The summed E-state index contributed by atoms with van der Waals surface area (Å²) >= 11 is 0. The fourth-order valence-corrected chi connectivity index (χ4v) is 3.60. The van der Waals surface area contributed by atoms with Crippen molar-refractivity contribution in [3.05, 3.63) is 18.2 Å². The van der Waals surface area contributed by atoms with E-state index < -0.39 is 0 Å². The van der Waals surface area contributed by atoms with Gasteiger partial charge in [-0.15, -0.1) is 0 Å². The van der Waals surface area contributed by atoms with E-state index in [4.69, 9.17) is 9.47 Å². The molecule has 1 fully saturated rings. The molecule has 1 saturated heterocycles. The van der Waals surface area contributed by atoms with E-state index in [-0.39, 0.29) is 30.2 Å². The second-order valence-electron chi connectivity index (χ2n) is 7.97. The van der Waals surface area contributed by atoms with Crippen molar-refractivity contribution in [2.45, 2.75) is 52.5 Å². The molecule has 2 amide bonds. The lowest BCUT2D eigenvalue weighted by atomic mass is 10.0. The molecule has 6 heteroatoms. The molecular weight excluding hydrogens is 344 g/mol. The molecule has 6 nitrogen and oxygen atoms in total. The highest BCUT2D eigenvalue weighted by molar-refractivity contribution is 6.00. The Balaban J connectivity index is 1.56. The first-order valence-electron chi connectivity index (χ1n) is 9.94. The van der Waals surface area contributed by atoms with Gasteiger partial charge < -0.3 is 19.7 Å². The van der Waals surface area contributed by atoms with E-state index in [1.165, 1.54) is 6.42 Å². The Hall–Kier alpha value is -2.24. The molecule has 27 heavy (non-hydrogen) atoms. The summed E-state index contributed by atoms with van der Waals surface area (Å²) in [6.45, 7) is 7.90. The minimum absolute atomic E-state index is 0.0274. The van der Waals surface area contributed by atoms with Gasteiger partial charge in [0.2, 0.25) is 11.8 Å². The van der Waals surface area contributed by atoms with Gasteiger partial charge in [-0.25, -0.2) is 0 Å². The van der Waals surface area contributed by atoms with Crippen LogP contribution in [-0.2, 0) is 9.59 Å². The van der Waals surface area contributed by atoms with E-state index >= 15 is 0 Å². The lowest BCUT2D eigenvalue weighted by molar-refractivity contribution is -0.126. The number of carbonyl (C=O) groups is 2. The predicted molar refractivity (Wildman–Crippen MR) is 104 cm³/mol. The van der Waals surface area contributed by atoms with Crippen molar-refractivity contribution < 1.29 is 19.1 Å². The number of ether oxygens (including phenoxy) is 2. The molecule has 1 aromatic carbocycles. The number of nitrogens with one attached hydrogen (secondary N) is 1. The van der Waals surface area contributed by atoms with Gasteiger partial charge in [0, 0.05) is 30.8 Å². The van der Waals surface area contributed by atoms with Gasteiger partial charge in [-0.05, 0) is 31.4 Å². The van der Waals surface area contributed by atoms with Crippen LogP contribution in [0.4, 0.5) is 5.69 Å². The van der Waals surface area contributed by atoms with Crippen LogP contribution in [0.15, 0.2) is 18.2 Å². The van der Waals surface area contributed by atoms with Crippen molar-refractivity contribution in [1.29, 1.82) is 0 Å². The molecule has 0 aromatic heterocycles. The first-order valence-corrected chi connectivity index (χ1v) is 9.94. The summed E-state index contributed by atoms with van der Waals surface area (Å²) in [5, 5.41) is 3.08. The Bertz CT molecular complexity index is 689. The number of nitrogens with zero attached hydrogens (tertiary/aromatic N) is 1. The van der Waals surface area contributed by atoms with Crippen LogP contribution in [0, 0.1) is 11.8 Å². The number of benzene rings is 1. The van der Waals surface area contributed by atoms with Crippen LogP contribution in [0.2, 0.25) is 0 Å². The highest BCUT2D eigenvalue weighted by Crippen LogP contribution is 2.36. The van der Waals surface area contributed by atoms with Gasteiger partial charge in [-0.2, -0.15) is 0 Å². The minimum atomic E-state index is -0.307. The maximum atomic E-state index is 12.6. The normalized spacial score (nSPS) is 20.1. The quantitative estimate of drug-likeness (QED) is 0.796. The van der Waals surface area contributed by atoms with E-state index in [2.05, 4.69) is 19.2 Å². The van der Waals surface area contributed by atoms with Gasteiger partial charge >= 0.3 is 0 Å². The lowest BCUT2D eigenvalue weighted by Gasteiger charge is -2.22. The number of carbonyl (C=O) groups excluding carboxylic acids is 2. The van der Waals surface area contributed by atoms with Crippen molar-refractivity contribution >= 4 is 17.5 Å². The minimum Gasteiger partial charge on any atom is -0.486 e. The molecule has 148 valence electrons. The van der Waals surface area contributed by atoms with Crippen LogP contribution in [0.3, 0.4) is 0 Å². The van der Waals surface area contributed by atoms with Crippen LogP contribution >= 0.6 is 0 Å². The van der Waals surface area contributed by atoms with E-state index in [9.17, 15) is 9.59 Å². The van der Waals surface area contributed by atoms with Gasteiger partial charge in [0.05, 0.1) is 5.92 Å². The maximum Gasteiger partial charge on any atom is 0.227 e. The summed E-state index contributed by atoms with van der Waals surface area (Å²) in [7, 11) is 0. The summed E-state index contributed by atoms with van der Waals surface area (Å²) < 4.78 is 11.1. The number of hydrogen-bond acceptors (Lipinski definition) is 4. The summed E-state index contributed by atoms with van der Waals surface area (Å²) in [6.07, 6.45) is 3.49. The summed E-state index contributed by atoms with van der Waals surface area (Å²) in [5.74, 6) is 1.66. The Morgan fingerprint density at radius 3 is 2.67 bits per heavy atom. The molecule has 0 radical (unpaired) electrons. The van der Waals surface area contributed by atoms with Gasteiger partial charge in [0.25, 0.3) is 0 Å². The van der Waals surface area contributed by atoms with Crippen molar-refractivity contribution in [3.63, 3.8) is 0 Å². The van der Waals surface area contributed by atoms with Gasteiger partial charge in [-0.1, -0.05) is 26.7 Å². The number of anilines is 1. The zero-order valence-corrected chi connectivity index (χ0v) is 16.5. The molecule has 2 aliphatic heterocycles. The summed E-state index contributed by atoms with van der Waals surface area (Å²) in [6, 6.07) is 5.62. The third kappa shape index (κ3) is 4.93. The van der Waals surface area contributed by atoms with E-state index in [1.807, 2.05) is 25.1 Å². The number of hydrogen-bond donors (Lipinski definition) is 1. The molecule has 2 heterocycles. The zero-order chi connectivity index (χ0) is 19.4. The third-order valence-electron chi connectivity index (χ3n) is 5.14. The molecule has 2 unspecified atom stereocenters. The standard InChI is InChI=1S/C21H30N2O4/c1-14(2)5-4-6-15(3)22-21(25)16-11-20(24)23(13-16)17-7-8-18-19(12-17)27-10-9-26-18/h7-8,12,14-16H,4-6,9-11,13H2,1-3H3,(H,22,25). The molecule has 2 atom stereocenters. The van der Waals surface area contributed by atoms with Gasteiger partial charge in [-0.3, -0.25) is 9.59 Å². The monoisotopic (exact) mass is 374 g/mol. The van der Waals surface area contributed by atoms with Crippen LogP contribution in [0.5, 0.6) is 11.5 Å². The van der Waals surface area contributed by atoms with Gasteiger partial charge in [0.1, 0.15) is 13.2 Å². The molecular formula is C21H30N2O4. The molecule has 1 aromatic rings. The average Bonchev–Trinajstić information content (AvgIpc) is 3.03. The van der Waals surface area contributed by atoms with Crippen LogP contribution in [-0.4, -0.2) is 37.6 Å². The molecule has 0 bridgehead atoms. The number of rotatable bonds is 7. The van der Waals surface area contributed by atoms with E-state index in [0.717, 1.165) is 18.5 Å². The Morgan fingerprint density at radius 1 is 1.19 bits per heavy atom. The lowest BCUT2D eigenvalue weighted by Crippen LogP contribution is -2.38. The topological polar surface area (TPSA) is 67.9 Å². The summed E-state index contributed by atoms with van der Waals surface area (Å²) in [4.78, 5) is 26.7. The Morgan fingerprint density at radius 2 is 1.93 bits per heavy atom. The molecule has 1 N–H and O–H groups in total. The van der Waals surface area contributed by atoms with E-state index in [1.54, 1.807) is 4.90 Å². The average molecular weight is 374 g/mol. The Kier molecular flexibility index (Phi) is 6.24. The van der Waals surface area contributed by atoms with Crippen molar-refractivity contribution in [2.75, 3.05) is 24.7 Å². The first-order chi connectivity index (χ1) is 12.9. The fraction of sp³-hybridized carbons (Fsp3) is 0.619.